The third kappa shape index (κ3) is 4.62. The lowest BCUT2D eigenvalue weighted by Crippen LogP contribution is -2.22. The van der Waals surface area contributed by atoms with Crippen molar-refractivity contribution >= 4 is 28.2 Å². The van der Waals surface area contributed by atoms with E-state index in [-0.39, 0.29) is 25.1 Å². The third-order valence-electron chi connectivity index (χ3n) is 4.85. The maximum absolute atomic E-state index is 12.5. The molecule has 0 radical (unpaired) electrons. The summed E-state index contributed by atoms with van der Waals surface area (Å²) >= 11 is 1.45. The number of hydrogen-bond acceptors (Lipinski definition) is 8. The molecule has 32 heavy (non-hydrogen) atoms. The Bertz CT molecular complexity index is 1310. The molecule has 0 atom stereocenters. The van der Waals surface area contributed by atoms with E-state index in [0.717, 1.165) is 10.6 Å². The van der Waals surface area contributed by atoms with Gasteiger partial charge in [0.15, 0.2) is 11.5 Å². The topological polar surface area (TPSA) is 92.5 Å². The van der Waals surface area contributed by atoms with Crippen molar-refractivity contribution < 1.29 is 19.0 Å². The van der Waals surface area contributed by atoms with Gasteiger partial charge in [0.2, 0.25) is 0 Å². The van der Waals surface area contributed by atoms with Gasteiger partial charge in [0, 0.05) is 17.5 Å². The molecular formula is C23H21N3O5S. The van der Waals surface area contributed by atoms with Gasteiger partial charge in [0.25, 0.3) is 5.56 Å². The van der Waals surface area contributed by atoms with E-state index in [1.165, 1.54) is 22.2 Å². The molecule has 4 rings (SSSR count). The predicted molar refractivity (Wildman–Crippen MR) is 121 cm³/mol. The van der Waals surface area contributed by atoms with Gasteiger partial charge in [-0.1, -0.05) is 12.1 Å². The van der Waals surface area contributed by atoms with E-state index < -0.39 is 5.97 Å². The number of rotatable bonds is 8. The Balaban J connectivity index is 1.35. The van der Waals surface area contributed by atoms with Crippen LogP contribution in [0.15, 0.2) is 59.0 Å². The van der Waals surface area contributed by atoms with Crippen LogP contribution in [0.5, 0.6) is 11.5 Å². The highest BCUT2D eigenvalue weighted by molar-refractivity contribution is 7.13. The van der Waals surface area contributed by atoms with Crippen LogP contribution in [0.4, 0.5) is 0 Å². The average molecular weight is 452 g/mol. The Kier molecular flexibility index (Phi) is 6.46. The largest absolute Gasteiger partial charge is 0.493 e. The number of thiazole rings is 1. The molecule has 0 fully saturated rings. The molecule has 0 N–H and O–H groups in total. The monoisotopic (exact) mass is 451 g/mol. The molecule has 164 valence electrons. The van der Waals surface area contributed by atoms with Crippen molar-refractivity contribution in [2.75, 3.05) is 14.2 Å². The summed E-state index contributed by atoms with van der Waals surface area (Å²) in [6, 6.07) is 12.7. The summed E-state index contributed by atoms with van der Waals surface area (Å²) in [7, 11) is 3.16. The van der Waals surface area contributed by atoms with Crippen molar-refractivity contribution in [1.82, 2.24) is 14.5 Å². The summed E-state index contributed by atoms with van der Waals surface area (Å²) < 4.78 is 17.3. The second-order valence-electron chi connectivity index (χ2n) is 6.88. The number of fused-ring (bicyclic) bond motifs is 1. The molecule has 9 heteroatoms. The molecule has 0 aliphatic heterocycles. The number of hydrogen-bond donors (Lipinski definition) is 0. The Labute approximate surface area is 188 Å². The molecule has 0 saturated heterocycles. The van der Waals surface area contributed by atoms with Crippen LogP contribution in [-0.4, -0.2) is 34.7 Å². The molecule has 0 aliphatic rings. The maximum atomic E-state index is 12.5. The Morgan fingerprint density at radius 1 is 1.09 bits per heavy atom. The van der Waals surface area contributed by atoms with Gasteiger partial charge in [0.05, 0.1) is 43.6 Å². The quantitative estimate of drug-likeness (QED) is 0.377. The number of methoxy groups -OCH3 is 2. The number of para-hydroxylation sites is 1. The van der Waals surface area contributed by atoms with Gasteiger partial charge >= 0.3 is 5.97 Å². The molecule has 8 nitrogen and oxygen atoms in total. The number of nitrogens with zero attached hydrogens (tertiary/aromatic N) is 3. The molecule has 0 unspecified atom stereocenters. The zero-order valence-electron chi connectivity index (χ0n) is 17.6. The first-order valence-electron chi connectivity index (χ1n) is 9.85. The van der Waals surface area contributed by atoms with Crippen molar-refractivity contribution in [2.24, 2.45) is 0 Å². The Morgan fingerprint density at radius 2 is 1.91 bits per heavy atom. The van der Waals surface area contributed by atoms with Crippen molar-refractivity contribution in [3.05, 3.63) is 70.2 Å². The smallest absolute Gasteiger partial charge is 0.307 e. The van der Waals surface area contributed by atoms with Gasteiger partial charge in [-0.3, -0.25) is 14.2 Å². The van der Waals surface area contributed by atoms with E-state index in [1.807, 2.05) is 29.6 Å². The van der Waals surface area contributed by atoms with E-state index in [2.05, 4.69) is 9.97 Å². The molecule has 0 amide bonds. The molecule has 2 aromatic carbocycles. The van der Waals surface area contributed by atoms with Crippen molar-refractivity contribution in [3.63, 3.8) is 0 Å². The average Bonchev–Trinajstić information content (AvgIpc) is 3.31. The fourth-order valence-corrected chi connectivity index (χ4v) is 3.98. The highest BCUT2D eigenvalue weighted by Crippen LogP contribution is 2.33. The number of ether oxygens (including phenoxy) is 3. The SMILES string of the molecule is COc1ccc(-c2nc(COC(=O)CCn3cnc4ccccc4c3=O)cs2)cc1OC. The highest BCUT2D eigenvalue weighted by atomic mass is 32.1. The fourth-order valence-electron chi connectivity index (χ4n) is 3.18. The van der Waals surface area contributed by atoms with E-state index in [9.17, 15) is 9.59 Å². The number of carbonyl (C=O) groups is 1. The Hall–Kier alpha value is -3.72. The number of benzene rings is 2. The van der Waals surface area contributed by atoms with Crippen LogP contribution in [0.3, 0.4) is 0 Å². The summed E-state index contributed by atoms with van der Waals surface area (Å²) in [5.74, 6) is 0.847. The van der Waals surface area contributed by atoms with Crippen LogP contribution < -0.4 is 15.0 Å². The van der Waals surface area contributed by atoms with Crippen LogP contribution in [0, 0.1) is 0 Å². The van der Waals surface area contributed by atoms with Crippen LogP contribution in [0.2, 0.25) is 0 Å². The Morgan fingerprint density at radius 3 is 2.72 bits per heavy atom. The van der Waals surface area contributed by atoms with Crippen LogP contribution in [-0.2, 0) is 22.7 Å². The molecule has 0 bridgehead atoms. The minimum atomic E-state index is -0.411. The summed E-state index contributed by atoms with van der Waals surface area (Å²) in [6.07, 6.45) is 1.51. The summed E-state index contributed by atoms with van der Waals surface area (Å²) in [6.45, 7) is 0.261. The second-order valence-corrected chi connectivity index (χ2v) is 7.74. The lowest BCUT2D eigenvalue weighted by atomic mass is 10.2. The lowest BCUT2D eigenvalue weighted by molar-refractivity contribution is -0.145. The van der Waals surface area contributed by atoms with Gasteiger partial charge in [-0.05, 0) is 30.3 Å². The number of carbonyl (C=O) groups excluding carboxylic acids is 1. The van der Waals surface area contributed by atoms with Crippen LogP contribution >= 0.6 is 11.3 Å². The van der Waals surface area contributed by atoms with Gasteiger partial charge in [-0.15, -0.1) is 11.3 Å². The molecule has 2 heterocycles. The van der Waals surface area contributed by atoms with E-state index in [4.69, 9.17) is 14.2 Å². The molecule has 0 aliphatic carbocycles. The van der Waals surface area contributed by atoms with Gasteiger partial charge in [-0.25, -0.2) is 9.97 Å². The van der Waals surface area contributed by atoms with Crippen molar-refractivity contribution in [1.29, 1.82) is 0 Å². The van der Waals surface area contributed by atoms with Crippen molar-refractivity contribution in [2.45, 2.75) is 19.6 Å². The number of aromatic nitrogens is 3. The van der Waals surface area contributed by atoms with Gasteiger partial charge in [0.1, 0.15) is 11.6 Å². The molecule has 0 spiro atoms. The zero-order chi connectivity index (χ0) is 22.5. The van der Waals surface area contributed by atoms with E-state index in [1.54, 1.807) is 32.4 Å². The first kappa shape index (κ1) is 21.5. The van der Waals surface area contributed by atoms with Crippen molar-refractivity contribution in [3.8, 4) is 22.1 Å². The number of aryl methyl sites for hydroxylation is 1. The highest BCUT2D eigenvalue weighted by Gasteiger charge is 2.12. The third-order valence-corrected chi connectivity index (χ3v) is 5.79. The normalized spacial score (nSPS) is 10.8. The molecule has 4 aromatic rings. The number of esters is 1. The van der Waals surface area contributed by atoms with Gasteiger partial charge in [-0.2, -0.15) is 0 Å². The molecular weight excluding hydrogens is 430 g/mol. The maximum Gasteiger partial charge on any atom is 0.307 e. The second kappa shape index (κ2) is 9.61. The van der Waals surface area contributed by atoms with Crippen LogP contribution in [0.1, 0.15) is 12.1 Å². The molecule has 0 saturated carbocycles. The lowest BCUT2D eigenvalue weighted by Gasteiger charge is -2.08. The van der Waals surface area contributed by atoms with E-state index >= 15 is 0 Å². The summed E-state index contributed by atoms with van der Waals surface area (Å²) in [5, 5.41) is 3.15. The summed E-state index contributed by atoms with van der Waals surface area (Å²) in [4.78, 5) is 33.5. The predicted octanol–water partition coefficient (Wildman–Crippen LogP) is 3.67. The van der Waals surface area contributed by atoms with Crippen LogP contribution in [0.25, 0.3) is 21.5 Å². The fraction of sp³-hybridized carbons (Fsp3) is 0.217. The minimum Gasteiger partial charge on any atom is -0.493 e. The van der Waals surface area contributed by atoms with Gasteiger partial charge < -0.3 is 14.2 Å². The standard InChI is InChI=1S/C23H21N3O5S/c1-29-19-8-7-15(11-20(19)30-2)22-25-16(13-32-22)12-31-21(27)9-10-26-14-24-18-6-4-3-5-17(18)23(26)28/h3-8,11,13-14H,9-10,12H2,1-2H3. The zero-order valence-corrected chi connectivity index (χ0v) is 18.4. The first-order chi connectivity index (χ1) is 15.6. The minimum absolute atomic E-state index is 0.0621. The summed E-state index contributed by atoms with van der Waals surface area (Å²) in [5.41, 5.74) is 1.98. The first-order valence-corrected chi connectivity index (χ1v) is 10.7. The van der Waals surface area contributed by atoms with E-state index in [0.29, 0.717) is 28.1 Å². The molecule has 2 aromatic heterocycles.